The van der Waals surface area contributed by atoms with E-state index in [2.05, 4.69) is 9.47 Å². The molecule has 0 spiro atoms. The van der Waals surface area contributed by atoms with Crippen LogP contribution in [-0.2, 0) is 14.3 Å². The lowest BCUT2D eigenvalue weighted by molar-refractivity contribution is -0.291. The fraction of sp³-hybridized carbons (Fsp3) is 0.833. The SMILES string of the molecule is O=C1OC(C(F)(F)F)COC1C(F)(F)F. The number of rotatable bonds is 0. The first kappa shape index (κ1) is 12.1. The average Bonchev–Trinajstić information content (AvgIpc) is 1.99. The van der Waals surface area contributed by atoms with E-state index in [1.807, 2.05) is 0 Å². The molecule has 1 aliphatic heterocycles. The fourth-order valence-corrected chi connectivity index (χ4v) is 0.877. The Bertz CT molecular complexity index is 257. The standard InChI is InChI=1S/C6H4F6O3/c7-5(8,9)2-1-14-3(4(13)15-2)6(10,11)12/h2-3H,1H2. The van der Waals surface area contributed by atoms with Gasteiger partial charge < -0.3 is 9.47 Å². The lowest BCUT2D eigenvalue weighted by Crippen LogP contribution is -2.52. The summed E-state index contributed by atoms with van der Waals surface area (Å²) in [4.78, 5) is 10.5. The molecule has 2 unspecified atom stereocenters. The van der Waals surface area contributed by atoms with Crippen LogP contribution in [0, 0.1) is 0 Å². The smallest absolute Gasteiger partial charge is 0.427 e. The minimum Gasteiger partial charge on any atom is -0.448 e. The monoisotopic (exact) mass is 238 g/mol. The topological polar surface area (TPSA) is 35.5 Å². The molecule has 0 aliphatic carbocycles. The van der Waals surface area contributed by atoms with Crippen molar-refractivity contribution in [2.75, 3.05) is 6.61 Å². The van der Waals surface area contributed by atoms with Gasteiger partial charge in [-0.05, 0) is 0 Å². The first-order valence-electron chi connectivity index (χ1n) is 3.58. The highest BCUT2D eigenvalue weighted by Crippen LogP contribution is 2.32. The Morgan fingerprint density at radius 1 is 1.07 bits per heavy atom. The molecule has 9 heteroatoms. The molecule has 1 fully saturated rings. The summed E-state index contributed by atoms with van der Waals surface area (Å²) >= 11 is 0. The van der Waals surface area contributed by atoms with Crippen LogP contribution in [0.1, 0.15) is 0 Å². The van der Waals surface area contributed by atoms with Crippen LogP contribution in [0.15, 0.2) is 0 Å². The van der Waals surface area contributed by atoms with Crippen molar-refractivity contribution >= 4 is 5.97 Å². The van der Waals surface area contributed by atoms with E-state index >= 15 is 0 Å². The zero-order chi connectivity index (χ0) is 11.9. The van der Waals surface area contributed by atoms with Crippen molar-refractivity contribution in [2.24, 2.45) is 0 Å². The van der Waals surface area contributed by atoms with Gasteiger partial charge in [-0.1, -0.05) is 0 Å². The van der Waals surface area contributed by atoms with E-state index in [0.717, 1.165) is 0 Å². The second kappa shape index (κ2) is 3.54. The van der Waals surface area contributed by atoms with Gasteiger partial charge >= 0.3 is 18.3 Å². The van der Waals surface area contributed by atoms with Crippen LogP contribution in [-0.4, -0.2) is 37.1 Å². The predicted octanol–water partition coefficient (Wildman–Crippen LogP) is 1.42. The molecule has 1 rings (SSSR count). The first-order chi connectivity index (χ1) is 6.62. The van der Waals surface area contributed by atoms with Crippen molar-refractivity contribution in [1.29, 1.82) is 0 Å². The summed E-state index contributed by atoms with van der Waals surface area (Å²) in [7, 11) is 0. The Morgan fingerprint density at radius 2 is 1.60 bits per heavy atom. The molecule has 1 heterocycles. The zero-order valence-corrected chi connectivity index (χ0v) is 6.85. The summed E-state index contributed by atoms with van der Waals surface area (Å²) in [6.07, 6.45) is -15.6. The number of cyclic esters (lactones) is 1. The van der Waals surface area contributed by atoms with E-state index in [9.17, 15) is 31.1 Å². The van der Waals surface area contributed by atoms with E-state index in [1.54, 1.807) is 0 Å². The molecular weight excluding hydrogens is 234 g/mol. The van der Waals surface area contributed by atoms with Gasteiger partial charge in [0, 0.05) is 0 Å². The number of ether oxygens (including phenoxy) is 2. The van der Waals surface area contributed by atoms with Crippen LogP contribution < -0.4 is 0 Å². The highest BCUT2D eigenvalue weighted by atomic mass is 19.4. The van der Waals surface area contributed by atoms with Crippen LogP contribution in [0.25, 0.3) is 0 Å². The second-order valence-corrected chi connectivity index (χ2v) is 2.72. The van der Waals surface area contributed by atoms with Gasteiger partial charge in [0.2, 0.25) is 6.10 Å². The number of carbonyl (C=O) groups excluding carboxylic acids is 1. The van der Waals surface area contributed by atoms with E-state index in [-0.39, 0.29) is 0 Å². The summed E-state index contributed by atoms with van der Waals surface area (Å²) < 4.78 is 78.8. The highest BCUT2D eigenvalue weighted by Gasteiger charge is 2.55. The summed E-state index contributed by atoms with van der Waals surface area (Å²) in [6.45, 7) is -1.35. The Morgan fingerprint density at radius 3 is 1.93 bits per heavy atom. The molecular formula is C6H4F6O3. The molecule has 0 saturated carbocycles. The number of esters is 1. The third-order valence-electron chi connectivity index (χ3n) is 1.55. The second-order valence-electron chi connectivity index (χ2n) is 2.72. The molecule has 15 heavy (non-hydrogen) atoms. The molecule has 2 atom stereocenters. The average molecular weight is 238 g/mol. The third-order valence-corrected chi connectivity index (χ3v) is 1.55. The minimum absolute atomic E-state index is 1.35. The van der Waals surface area contributed by atoms with Crippen LogP contribution in [0.5, 0.6) is 0 Å². The largest absolute Gasteiger partial charge is 0.448 e. The van der Waals surface area contributed by atoms with Crippen molar-refractivity contribution in [3.8, 4) is 0 Å². The first-order valence-corrected chi connectivity index (χ1v) is 3.58. The molecule has 1 aliphatic rings. The van der Waals surface area contributed by atoms with E-state index in [1.165, 1.54) is 0 Å². The lowest BCUT2D eigenvalue weighted by atomic mass is 10.2. The van der Waals surface area contributed by atoms with Gasteiger partial charge in [-0.3, -0.25) is 0 Å². The highest BCUT2D eigenvalue weighted by molar-refractivity contribution is 5.76. The summed E-state index contributed by atoms with van der Waals surface area (Å²) in [6, 6.07) is 0. The molecule has 0 bridgehead atoms. The van der Waals surface area contributed by atoms with Crippen molar-refractivity contribution in [1.82, 2.24) is 0 Å². The Kier molecular flexibility index (Phi) is 2.85. The van der Waals surface area contributed by atoms with Gasteiger partial charge in [0.15, 0.2) is 0 Å². The third kappa shape index (κ3) is 2.74. The number of carbonyl (C=O) groups is 1. The predicted molar refractivity (Wildman–Crippen MR) is 31.7 cm³/mol. The van der Waals surface area contributed by atoms with E-state index < -0.39 is 37.1 Å². The fourth-order valence-electron chi connectivity index (χ4n) is 0.877. The summed E-state index contributed by atoms with van der Waals surface area (Å²) in [5, 5.41) is 0. The maximum atomic E-state index is 11.9. The van der Waals surface area contributed by atoms with Gasteiger partial charge in [-0.2, -0.15) is 26.3 Å². The molecule has 1 saturated heterocycles. The number of hydrogen-bond acceptors (Lipinski definition) is 3. The normalized spacial score (nSPS) is 28.8. The van der Waals surface area contributed by atoms with Crippen LogP contribution >= 0.6 is 0 Å². The summed E-state index contributed by atoms with van der Waals surface area (Å²) in [5.41, 5.74) is 0. The Balaban J connectivity index is 2.68. The molecule has 0 aromatic heterocycles. The quantitative estimate of drug-likeness (QED) is 0.473. The molecule has 0 radical (unpaired) electrons. The molecule has 0 amide bonds. The van der Waals surface area contributed by atoms with E-state index in [4.69, 9.17) is 0 Å². The number of hydrogen-bond donors (Lipinski definition) is 0. The molecule has 88 valence electrons. The van der Waals surface area contributed by atoms with Gasteiger partial charge in [-0.15, -0.1) is 0 Å². The lowest BCUT2D eigenvalue weighted by Gasteiger charge is -2.30. The van der Waals surface area contributed by atoms with Gasteiger partial charge in [0.25, 0.3) is 6.10 Å². The van der Waals surface area contributed by atoms with E-state index in [0.29, 0.717) is 0 Å². The molecule has 3 nitrogen and oxygen atoms in total. The molecule has 0 aromatic rings. The van der Waals surface area contributed by atoms with Crippen LogP contribution in [0.4, 0.5) is 26.3 Å². The molecule has 0 aromatic carbocycles. The van der Waals surface area contributed by atoms with Crippen LogP contribution in [0.3, 0.4) is 0 Å². The minimum atomic E-state index is -5.06. The molecule has 0 N–H and O–H groups in total. The zero-order valence-electron chi connectivity index (χ0n) is 6.85. The number of halogens is 6. The van der Waals surface area contributed by atoms with Crippen molar-refractivity contribution in [2.45, 2.75) is 24.6 Å². The maximum Gasteiger partial charge on any atom is 0.427 e. The van der Waals surface area contributed by atoms with Crippen molar-refractivity contribution in [3.05, 3.63) is 0 Å². The van der Waals surface area contributed by atoms with Gasteiger partial charge in [-0.25, -0.2) is 4.79 Å². The Hall–Kier alpha value is -0.990. The van der Waals surface area contributed by atoms with Crippen molar-refractivity contribution < 1.29 is 40.6 Å². The van der Waals surface area contributed by atoms with Gasteiger partial charge in [0.05, 0.1) is 6.61 Å². The Labute approximate surface area is 78.9 Å². The van der Waals surface area contributed by atoms with Crippen molar-refractivity contribution in [3.63, 3.8) is 0 Å². The van der Waals surface area contributed by atoms with Gasteiger partial charge in [0.1, 0.15) is 0 Å². The van der Waals surface area contributed by atoms with Crippen LogP contribution in [0.2, 0.25) is 0 Å². The number of alkyl halides is 6. The summed E-state index contributed by atoms with van der Waals surface area (Å²) in [5.74, 6) is -2.07. The maximum absolute atomic E-state index is 11.9.